The lowest BCUT2D eigenvalue weighted by molar-refractivity contribution is -0.118. The average molecular weight is 486 g/mol. The Morgan fingerprint density at radius 3 is 2.59 bits per heavy atom. The Morgan fingerprint density at radius 2 is 1.88 bits per heavy atom. The zero-order valence-corrected chi connectivity index (χ0v) is 20.4. The third kappa shape index (κ3) is 6.15. The third-order valence-electron chi connectivity index (χ3n) is 5.00. The molecule has 0 aliphatic carbocycles. The Balaban J connectivity index is 1.63. The van der Waals surface area contributed by atoms with Crippen LogP contribution in [0.25, 0.3) is 5.82 Å². The number of benzene rings is 1. The maximum Gasteiger partial charge on any atom is 0.339 e. The SMILES string of the molecule is COCCNC(=O)CSc1ccccc1C(=O)OCC(=O)c1cc(C)n(-c2cc(C)on2)c1C. The van der Waals surface area contributed by atoms with E-state index in [4.69, 9.17) is 14.0 Å². The van der Waals surface area contributed by atoms with Gasteiger partial charge in [0.05, 0.1) is 17.9 Å². The fraction of sp³-hybridized carbons (Fsp3) is 0.333. The number of aryl methyl sites for hydroxylation is 2. The van der Waals surface area contributed by atoms with E-state index in [2.05, 4.69) is 10.5 Å². The van der Waals surface area contributed by atoms with Gasteiger partial charge in [0, 0.05) is 41.6 Å². The first kappa shape index (κ1) is 25.3. The van der Waals surface area contributed by atoms with Crippen LogP contribution in [0.5, 0.6) is 0 Å². The van der Waals surface area contributed by atoms with Gasteiger partial charge in [0.1, 0.15) is 5.76 Å². The maximum absolute atomic E-state index is 12.8. The zero-order chi connectivity index (χ0) is 24.7. The molecule has 0 bridgehead atoms. The summed E-state index contributed by atoms with van der Waals surface area (Å²) in [6.45, 7) is 5.89. The Bertz CT molecular complexity index is 1180. The first-order valence-electron chi connectivity index (χ1n) is 10.6. The van der Waals surface area contributed by atoms with Gasteiger partial charge in [0.25, 0.3) is 0 Å². The van der Waals surface area contributed by atoms with E-state index in [-0.39, 0.29) is 17.4 Å². The highest BCUT2D eigenvalue weighted by atomic mass is 32.2. The number of thioether (sulfide) groups is 1. The Morgan fingerprint density at radius 1 is 1.12 bits per heavy atom. The number of carbonyl (C=O) groups excluding carboxylic acids is 3. The molecule has 0 unspecified atom stereocenters. The second kappa shape index (κ2) is 11.7. The van der Waals surface area contributed by atoms with Crippen molar-refractivity contribution in [3.63, 3.8) is 0 Å². The minimum atomic E-state index is -0.628. The molecule has 0 atom stereocenters. The summed E-state index contributed by atoms with van der Waals surface area (Å²) in [5.74, 6) is 0.264. The number of methoxy groups -OCH3 is 1. The van der Waals surface area contributed by atoms with Crippen LogP contribution in [0.1, 0.15) is 37.9 Å². The van der Waals surface area contributed by atoms with Gasteiger partial charge in [-0.05, 0) is 39.0 Å². The van der Waals surface area contributed by atoms with Crippen LogP contribution in [0.3, 0.4) is 0 Å². The zero-order valence-electron chi connectivity index (χ0n) is 19.5. The fourth-order valence-electron chi connectivity index (χ4n) is 3.39. The minimum absolute atomic E-state index is 0.139. The monoisotopic (exact) mass is 485 g/mol. The molecule has 3 rings (SSSR count). The molecule has 3 aromatic rings. The lowest BCUT2D eigenvalue weighted by Crippen LogP contribution is -2.28. The molecular weight excluding hydrogens is 458 g/mol. The van der Waals surface area contributed by atoms with Crippen molar-refractivity contribution in [2.24, 2.45) is 0 Å². The number of amides is 1. The standard InChI is InChI=1S/C24H27N3O6S/c1-15-11-19(17(3)27(15)22-12-16(2)33-26-22)20(28)13-32-24(30)18-7-5-6-8-21(18)34-14-23(29)25-9-10-31-4/h5-8,11-12H,9-10,13-14H2,1-4H3,(H,25,29). The van der Waals surface area contributed by atoms with Gasteiger partial charge >= 0.3 is 5.97 Å². The number of hydrogen-bond acceptors (Lipinski definition) is 8. The van der Waals surface area contributed by atoms with Crippen LogP contribution < -0.4 is 5.32 Å². The van der Waals surface area contributed by atoms with E-state index >= 15 is 0 Å². The molecule has 0 saturated heterocycles. The number of Topliss-reactive ketones (excluding diaryl/α,β-unsaturated/α-hetero) is 1. The molecular formula is C24H27N3O6S. The van der Waals surface area contributed by atoms with Crippen LogP contribution in [0.2, 0.25) is 0 Å². The van der Waals surface area contributed by atoms with E-state index in [1.165, 1.54) is 11.8 Å². The number of carbonyl (C=O) groups is 3. The number of nitrogens with zero attached hydrogens (tertiary/aromatic N) is 2. The van der Waals surface area contributed by atoms with Crippen LogP contribution >= 0.6 is 11.8 Å². The van der Waals surface area contributed by atoms with Crippen molar-refractivity contribution >= 4 is 29.4 Å². The van der Waals surface area contributed by atoms with Crippen molar-refractivity contribution in [1.82, 2.24) is 15.0 Å². The van der Waals surface area contributed by atoms with E-state index in [9.17, 15) is 14.4 Å². The van der Waals surface area contributed by atoms with Crippen LogP contribution in [0, 0.1) is 20.8 Å². The largest absolute Gasteiger partial charge is 0.454 e. The lowest BCUT2D eigenvalue weighted by Gasteiger charge is -2.10. The van der Waals surface area contributed by atoms with Gasteiger partial charge in [-0.25, -0.2) is 4.79 Å². The summed E-state index contributed by atoms with van der Waals surface area (Å²) < 4.78 is 17.2. The summed E-state index contributed by atoms with van der Waals surface area (Å²) in [4.78, 5) is 38.1. The van der Waals surface area contributed by atoms with Gasteiger partial charge < -0.3 is 19.3 Å². The first-order valence-corrected chi connectivity index (χ1v) is 11.6. The normalized spacial score (nSPS) is 10.8. The number of aromatic nitrogens is 2. The fourth-order valence-corrected chi connectivity index (χ4v) is 4.26. The number of hydrogen-bond donors (Lipinski definition) is 1. The molecule has 0 aliphatic heterocycles. The van der Waals surface area contributed by atoms with Crippen LogP contribution in [0.4, 0.5) is 0 Å². The van der Waals surface area contributed by atoms with Gasteiger partial charge in [-0.1, -0.05) is 17.3 Å². The predicted octanol–water partition coefficient (Wildman–Crippen LogP) is 3.28. The van der Waals surface area contributed by atoms with Gasteiger partial charge in [-0.3, -0.25) is 14.2 Å². The number of esters is 1. The molecule has 1 N–H and O–H groups in total. The van der Waals surface area contributed by atoms with E-state index < -0.39 is 12.6 Å². The number of nitrogens with one attached hydrogen (secondary N) is 1. The summed E-state index contributed by atoms with van der Waals surface area (Å²) in [7, 11) is 1.56. The lowest BCUT2D eigenvalue weighted by atomic mass is 10.1. The average Bonchev–Trinajstić information content (AvgIpc) is 3.37. The predicted molar refractivity (Wildman–Crippen MR) is 127 cm³/mol. The summed E-state index contributed by atoms with van der Waals surface area (Å²) in [6.07, 6.45) is 0. The Hall–Kier alpha value is -3.37. The van der Waals surface area contributed by atoms with E-state index in [1.807, 2.05) is 11.5 Å². The number of ketones is 1. The van der Waals surface area contributed by atoms with Crippen molar-refractivity contribution < 1.29 is 28.4 Å². The van der Waals surface area contributed by atoms with E-state index in [0.29, 0.717) is 46.4 Å². The van der Waals surface area contributed by atoms with Crippen molar-refractivity contribution in [2.75, 3.05) is 32.6 Å². The molecule has 1 aromatic carbocycles. The molecule has 2 heterocycles. The molecule has 180 valence electrons. The first-order chi connectivity index (χ1) is 16.3. The van der Waals surface area contributed by atoms with E-state index in [1.54, 1.807) is 57.4 Å². The van der Waals surface area contributed by atoms with Crippen LogP contribution in [-0.2, 0) is 14.3 Å². The highest BCUT2D eigenvalue weighted by Crippen LogP contribution is 2.24. The second-order valence-electron chi connectivity index (χ2n) is 7.54. The summed E-state index contributed by atoms with van der Waals surface area (Å²) in [5.41, 5.74) is 2.24. The second-order valence-corrected chi connectivity index (χ2v) is 8.56. The molecule has 10 heteroatoms. The van der Waals surface area contributed by atoms with Crippen LogP contribution in [0.15, 0.2) is 45.8 Å². The Kier molecular flexibility index (Phi) is 8.67. The smallest absolute Gasteiger partial charge is 0.339 e. The molecule has 0 saturated carbocycles. The van der Waals surface area contributed by atoms with Gasteiger partial charge in [0.15, 0.2) is 12.4 Å². The Labute approximate surface area is 201 Å². The molecule has 0 radical (unpaired) electrons. The molecule has 0 spiro atoms. The van der Waals surface area contributed by atoms with Crippen molar-refractivity contribution in [3.05, 3.63) is 64.7 Å². The molecule has 0 aliphatic rings. The minimum Gasteiger partial charge on any atom is -0.454 e. The van der Waals surface area contributed by atoms with Crippen molar-refractivity contribution in [2.45, 2.75) is 25.7 Å². The van der Waals surface area contributed by atoms with Gasteiger partial charge in [-0.15, -0.1) is 11.8 Å². The molecule has 34 heavy (non-hydrogen) atoms. The highest BCUT2D eigenvalue weighted by Gasteiger charge is 2.21. The highest BCUT2D eigenvalue weighted by molar-refractivity contribution is 8.00. The molecule has 1 amide bonds. The van der Waals surface area contributed by atoms with Gasteiger partial charge in [-0.2, -0.15) is 0 Å². The van der Waals surface area contributed by atoms with Crippen LogP contribution in [-0.4, -0.2) is 60.0 Å². The van der Waals surface area contributed by atoms with E-state index in [0.717, 1.165) is 5.69 Å². The molecule has 9 nitrogen and oxygen atoms in total. The number of rotatable bonds is 11. The summed E-state index contributed by atoms with van der Waals surface area (Å²) >= 11 is 1.22. The van der Waals surface area contributed by atoms with Crippen molar-refractivity contribution in [3.8, 4) is 5.82 Å². The third-order valence-corrected chi connectivity index (χ3v) is 6.08. The molecule has 2 aromatic heterocycles. The van der Waals surface area contributed by atoms with Gasteiger partial charge in [0.2, 0.25) is 11.7 Å². The maximum atomic E-state index is 12.8. The summed E-state index contributed by atoms with van der Waals surface area (Å²) in [6, 6.07) is 10.3. The topological polar surface area (TPSA) is 113 Å². The molecule has 0 fully saturated rings. The number of ether oxygens (including phenoxy) is 2. The quantitative estimate of drug-likeness (QED) is 0.191. The van der Waals surface area contributed by atoms with Crippen molar-refractivity contribution in [1.29, 1.82) is 0 Å². The summed E-state index contributed by atoms with van der Waals surface area (Å²) in [5, 5.41) is 6.74.